The number of nitrogens with zero attached hydrogens (tertiary/aromatic N) is 2. The molecule has 0 bridgehead atoms. The van der Waals surface area contributed by atoms with E-state index in [9.17, 15) is 0 Å². The number of hydrogen-bond acceptors (Lipinski definition) is 6. The predicted octanol–water partition coefficient (Wildman–Crippen LogP) is 1.63. The Morgan fingerprint density at radius 2 is 2.43 bits per heavy atom. The van der Waals surface area contributed by atoms with Crippen molar-refractivity contribution in [1.29, 1.82) is 0 Å². The van der Waals surface area contributed by atoms with Crippen LogP contribution in [-0.2, 0) is 6.54 Å². The maximum absolute atomic E-state index is 5.27. The number of rotatable bonds is 3. The molecule has 2 aromatic rings. The second-order valence-corrected chi connectivity index (χ2v) is 3.98. The molecule has 0 saturated heterocycles. The van der Waals surface area contributed by atoms with Crippen LogP contribution in [0.2, 0.25) is 0 Å². The van der Waals surface area contributed by atoms with Crippen LogP contribution in [-0.4, -0.2) is 10.2 Å². The zero-order valence-corrected chi connectivity index (χ0v) is 8.47. The van der Waals surface area contributed by atoms with Crippen molar-refractivity contribution in [3.63, 3.8) is 0 Å². The van der Waals surface area contributed by atoms with E-state index in [4.69, 9.17) is 10.2 Å². The Bertz CT molecular complexity index is 382. The average Bonchev–Trinajstić information content (AvgIpc) is 2.72. The van der Waals surface area contributed by atoms with Crippen molar-refractivity contribution < 1.29 is 4.42 Å². The molecule has 0 aliphatic carbocycles. The fourth-order valence-electron chi connectivity index (χ4n) is 1.07. The van der Waals surface area contributed by atoms with Crippen molar-refractivity contribution in [2.24, 2.45) is 0 Å². The summed E-state index contributed by atoms with van der Waals surface area (Å²) in [7, 11) is 0. The summed E-state index contributed by atoms with van der Waals surface area (Å²) in [5.74, 6) is 0. The summed E-state index contributed by atoms with van der Waals surface area (Å²) in [5, 5.41) is 12.3. The third-order valence-electron chi connectivity index (χ3n) is 1.67. The second-order valence-electron chi connectivity index (χ2n) is 2.86. The van der Waals surface area contributed by atoms with Crippen molar-refractivity contribution >= 4 is 23.4 Å². The van der Waals surface area contributed by atoms with Gasteiger partial charge in [-0.3, -0.25) is 0 Å². The van der Waals surface area contributed by atoms with Crippen molar-refractivity contribution in [1.82, 2.24) is 10.2 Å². The van der Waals surface area contributed by atoms with Gasteiger partial charge in [-0.05, 0) is 23.9 Å². The molecule has 5 nitrogen and oxygen atoms in total. The summed E-state index contributed by atoms with van der Waals surface area (Å²) >= 11 is 1.71. The van der Waals surface area contributed by atoms with Gasteiger partial charge < -0.3 is 15.5 Å². The first-order valence-electron chi connectivity index (χ1n) is 4.11. The molecule has 2 rings (SSSR count). The summed E-state index contributed by atoms with van der Waals surface area (Å²) in [6.45, 7) is 2.74. The lowest BCUT2D eigenvalue weighted by Crippen LogP contribution is -1.97. The van der Waals surface area contributed by atoms with E-state index in [-0.39, 0.29) is 6.01 Å². The topological polar surface area (TPSA) is 77.0 Å². The van der Waals surface area contributed by atoms with Crippen LogP contribution in [0, 0.1) is 6.92 Å². The summed E-state index contributed by atoms with van der Waals surface area (Å²) in [5.41, 5.74) is 6.47. The lowest BCUT2D eigenvalue weighted by atomic mass is 10.3. The van der Waals surface area contributed by atoms with Gasteiger partial charge in [0.2, 0.25) is 0 Å². The molecular formula is C8H10N4OS. The third kappa shape index (κ3) is 2.02. The fraction of sp³-hybridized carbons (Fsp3) is 0.250. The van der Waals surface area contributed by atoms with Crippen LogP contribution in [0.15, 0.2) is 15.9 Å². The normalized spacial score (nSPS) is 10.4. The van der Waals surface area contributed by atoms with E-state index in [0.29, 0.717) is 12.6 Å². The van der Waals surface area contributed by atoms with Gasteiger partial charge in [0.1, 0.15) is 0 Å². The molecule has 14 heavy (non-hydrogen) atoms. The van der Waals surface area contributed by atoms with Gasteiger partial charge in [0.15, 0.2) is 0 Å². The lowest BCUT2D eigenvalue weighted by Gasteiger charge is -1.96. The summed E-state index contributed by atoms with van der Waals surface area (Å²) in [6, 6.07) is 2.54. The van der Waals surface area contributed by atoms with E-state index < -0.39 is 0 Å². The molecule has 0 amide bonds. The first-order chi connectivity index (χ1) is 6.74. The monoisotopic (exact) mass is 210 g/mol. The first-order valence-corrected chi connectivity index (χ1v) is 4.99. The van der Waals surface area contributed by atoms with Gasteiger partial charge in [-0.25, -0.2) is 0 Å². The van der Waals surface area contributed by atoms with Crippen LogP contribution in [0.3, 0.4) is 0 Å². The Kier molecular flexibility index (Phi) is 2.36. The quantitative estimate of drug-likeness (QED) is 0.805. The number of anilines is 2. The molecule has 2 aromatic heterocycles. The van der Waals surface area contributed by atoms with Crippen LogP contribution >= 0.6 is 11.3 Å². The maximum Gasteiger partial charge on any atom is 0.317 e. The molecule has 0 spiro atoms. The third-order valence-corrected chi connectivity index (χ3v) is 2.58. The summed E-state index contributed by atoms with van der Waals surface area (Å²) < 4.78 is 4.96. The average molecular weight is 210 g/mol. The molecule has 2 heterocycles. The molecular weight excluding hydrogens is 200 g/mol. The van der Waals surface area contributed by atoms with E-state index in [2.05, 4.69) is 33.9 Å². The number of nitrogen functional groups attached to an aromatic ring is 1. The van der Waals surface area contributed by atoms with Crippen LogP contribution in [0.1, 0.15) is 10.4 Å². The Morgan fingerprint density at radius 1 is 1.57 bits per heavy atom. The summed E-state index contributed by atoms with van der Waals surface area (Å²) in [6.07, 6.45) is 0. The Hall–Kier alpha value is -1.56. The van der Waals surface area contributed by atoms with E-state index in [1.165, 1.54) is 10.4 Å². The van der Waals surface area contributed by atoms with Crippen LogP contribution < -0.4 is 11.1 Å². The zero-order valence-electron chi connectivity index (χ0n) is 7.65. The number of aromatic nitrogens is 2. The second kappa shape index (κ2) is 3.67. The van der Waals surface area contributed by atoms with Crippen molar-refractivity contribution in [2.45, 2.75) is 13.5 Å². The smallest absolute Gasteiger partial charge is 0.317 e. The van der Waals surface area contributed by atoms with Gasteiger partial charge >= 0.3 is 12.0 Å². The molecule has 0 aliphatic rings. The van der Waals surface area contributed by atoms with Crippen molar-refractivity contribution in [3.8, 4) is 0 Å². The van der Waals surface area contributed by atoms with E-state index in [0.717, 1.165) is 0 Å². The molecule has 0 aromatic carbocycles. The number of aryl methyl sites for hydroxylation is 1. The minimum atomic E-state index is 0.0778. The number of nitrogens with two attached hydrogens (primary N) is 1. The molecule has 0 fully saturated rings. The molecule has 0 atom stereocenters. The highest BCUT2D eigenvalue weighted by atomic mass is 32.1. The first kappa shape index (κ1) is 9.01. The van der Waals surface area contributed by atoms with E-state index in [1.807, 2.05) is 0 Å². The van der Waals surface area contributed by atoms with Gasteiger partial charge in [0.25, 0.3) is 0 Å². The van der Waals surface area contributed by atoms with Gasteiger partial charge in [-0.15, -0.1) is 11.3 Å². The number of thiophene rings is 1. The Morgan fingerprint density at radius 3 is 3.00 bits per heavy atom. The SMILES string of the molecule is Cc1cc(CNc2nnc(N)o2)cs1. The van der Waals surface area contributed by atoms with Crippen molar-refractivity contribution in [2.75, 3.05) is 11.1 Å². The maximum atomic E-state index is 5.27. The molecule has 0 unspecified atom stereocenters. The fourth-order valence-corrected chi connectivity index (χ4v) is 1.78. The van der Waals surface area contributed by atoms with E-state index >= 15 is 0 Å². The highest BCUT2D eigenvalue weighted by Crippen LogP contribution is 2.14. The van der Waals surface area contributed by atoms with Gasteiger partial charge in [-0.2, -0.15) is 0 Å². The number of hydrogen-bond donors (Lipinski definition) is 2. The summed E-state index contributed by atoms with van der Waals surface area (Å²) in [4.78, 5) is 1.28. The predicted molar refractivity (Wildman–Crippen MR) is 55.1 cm³/mol. The number of nitrogens with one attached hydrogen (secondary N) is 1. The van der Waals surface area contributed by atoms with Crippen molar-refractivity contribution in [3.05, 3.63) is 21.9 Å². The lowest BCUT2D eigenvalue weighted by molar-refractivity contribution is 0.586. The Labute approximate surface area is 85.0 Å². The minimum absolute atomic E-state index is 0.0778. The molecule has 3 N–H and O–H groups in total. The Balaban J connectivity index is 1.94. The van der Waals surface area contributed by atoms with E-state index in [1.54, 1.807) is 11.3 Å². The van der Waals surface area contributed by atoms with Crippen LogP contribution in [0.5, 0.6) is 0 Å². The highest BCUT2D eigenvalue weighted by molar-refractivity contribution is 7.10. The zero-order chi connectivity index (χ0) is 9.97. The van der Waals surface area contributed by atoms with Crippen LogP contribution in [0.25, 0.3) is 0 Å². The molecule has 0 aliphatic heterocycles. The van der Waals surface area contributed by atoms with Crippen LogP contribution in [0.4, 0.5) is 12.0 Å². The molecule has 0 saturated carbocycles. The molecule has 74 valence electrons. The van der Waals surface area contributed by atoms with Gasteiger partial charge in [-0.1, -0.05) is 10.2 Å². The van der Waals surface area contributed by atoms with Gasteiger partial charge in [0, 0.05) is 11.4 Å². The highest BCUT2D eigenvalue weighted by Gasteiger charge is 2.02. The standard InChI is InChI=1S/C8H10N4OS/c1-5-2-6(4-14-5)3-10-8-12-11-7(9)13-8/h2,4H,3H2,1H3,(H2,9,11)(H,10,12). The minimum Gasteiger partial charge on any atom is -0.390 e. The molecule has 0 radical (unpaired) electrons. The van der Waals surface area contributed by atoms with Gasteiger partial charge in [0.05, 0.1) is 0 Å². The molecule has 6 heteroatoms. The largest absolute Gasteiger partial charge is 0.390 e.